The summed E-state index contributed by atoms with van der Waals surface area (Å²) in [6.07, 6.45) is 5.62. The van der Waals surface area contributed by atoms with Crippen LogP contribution in [-0.4, -0.2) is 17.7 Å². The number of ketones is 1. The van der Waals surface area contributed by atoms with Gasteiger partial charge < -0.3 is 11.1 Å². The maximum absolute atomic E-state index is 11.7. The van der Waals surface area contributed by atoms with Gasteiger partial charge in [0.1, 0.15) is 11.6 Å². The molecule has 0 saturated heterocycles. The number of nitrogens with two attached hydrogens (primary N) is 1. The van der Waals surface area contributed by atoms with E-state index in [0.29, 0.717) is 18.2 Å². The summed E-state index contributed by atoms with van der Waals surface area (Å²) in [4.78, 5) is 11.7. The number of nitrogen functional groups attached to an aromatic ring is 1. The molecule has 0 saturated carbocycles. The van der Waals surface area contributed by atoms with Crippen LogP contribution in [0.4, 0.5) is 0 Å². The van der Waals surface area contributed by atoms with Crippen LogP contribution in [0.1, 0.15) is 63.5 Å². The van der Waals surface area contributed by atoms with E-state index in [4.69, 9.17) is 11.1 Å². The molecule has 0 bridgehead atoms. The van der Waals surface area contributed by atoms with Crippen LogP contribution in [0.2, 0.25) is 0 Å². The van der Waals surface area contributed by atoms with Crippen LogP contribution in [0.25, 0.3) is 0 Å². The van der Waals surface area contributed by atoms with E-state index < -0.39 is 0 Å². The minimum absolute atomic E-state index is 0.0921. The van der Waals surface area contributed by atoms with Gasteiger partial charge in [-0.15, -0.1) is 0 Å². The van der Waals surface area contributed by atoms with Crippen molar-refractivity contribution < 1.29 is 4.79 Å². The topological polar surface area (TPSA) is 79.0 Å². The number of amidine groups is 1. The first-order valence-electron chi connectivity index (χ1n) is 8.21. The number of benzene rings is 1. The monoisotopic (exact) mass is 303 g/mol. The summed E-state index contributed by atoms with van der Waals surface area (Å²) in [7, 11) is 0. The van der Waals surface area contributed by atoms with Gasteiger partial charge >= 0.3 is 0 Å². The summed E-state index contributed by atoms with van der Waals surface area (Å²) < 4.78 is 0. The molecule has 22 heavy (non-hydrogen) atoms. The Hall–Kier alpha value is -1.68. The fraction of sp³-hybridized carbons (Fsp3) is 0.556. The van der Waals surface area contributed by atoms with E-state index in [1.165, 1.54) is 0 Å². The number of rotatable bonds is 11. The van der Waals surface area contributed by atoms with Crippen LogP contribution < -0.4 is 11.1 Å². The van der Waals surface area contributed by atoms with Crippen LogP contribution in [0.3, 0.4) is 0 Å². The number of hydrogen-bond acceptors (Lipinski definition) is 3. The van der Waals surface area contributed by atoms with Gasteiger partial charge in [-0.2, -0.15) is 0 Å². The molecule has 4 nitrogen and oxygen atoms in total. The summed E-state index contributed by atoms with van der Waals surface area (Å²) >= 11 is 0. The number of carbonyl (C=O) groups excluding carboxylic acids is 1. The molecule has 1 aromatic rings. The quantitative estimate of drug-likeness (QED) is 0.333. The van der Waals surface area contributed by atoms with Gasteiger partial charge in [-0.3, -0.25) is 10.2 Å². The maximum atomic E-state index is 11.7. The fourth-order valence-electron chi connectivity index (χ4n) is 2.27. The predicted molar refractivity (Wildman–Crippen MR) is 92.1 cm³/mol. The second-order valence-electron chi connectivity index (χ2n) is 5.93. The Balaban J connectivity index is 2.23. The predicted octanol–water partition coefficient (Wildman–Crippen LogP) is 3.38. The van der Waals surface area contributed by atoms with Gasteiger partial charge in [0.15, 0.2) is 0 Å². The minimum atomic E-state index is 0.0921. The van der Waals surface area contributed by atoms with Crippen LogP contribution in [0.5, 0.6) is 0 Å². The molecular weight excluding hydrogens is 274 g/mol. The Morgan fingerprint density at radius 2 is 1.91 bits per heavy atom. The van der Waals surface area contributed by atoms with Gasteiger partial charge in [0, 0.05) is 31.0 Å². The summed E-state index contributed by atoms with van der Waals surface area (Å²) in [6, 6.07) is 8.00. The van der Waals surface area contributed by atoms with E-state index >= 15 is 0 Å². The summed E-state index contributed by atoms with van der Waals surface area (Å²) in [5.74, 6) is 0.474. The summed E-state index contributed by atoms with van der Waals surface area (Å²) in [5, 5.41) is 10.8. The molecule has 4 N–H and O–H groups in total. The molecule has 0 radical (unpaired) electrons. The fourth-order valence-corrected chi connectivity index (χ4v) is 2.27. The van der Waals surface area contributed by atoms with E-state index in [1.807, 2.05) is 24.3 Å². The molecule has 0 aromatic heterocycles. The van der Waals surface area contributed by atoms with Crippen molar-refractivity contribution in [1.29, 1.82) is 5.41 Å². The first-order chi connectivity index (χ1) is 10.5. The van der Waals surface area contributed by atoms with Crippen molar-refractivity contribution in [3.63, 3.8) is 0 Å². The Morgan fingerprint density at radius 1 is 1.23 bits per heavy atom. The third-order valence-electron chi connectivity index (χ3n) is 3.83. The van der Waals surface area contributed by atoms with Crippen molar-refractivity contribution in [2.75, 3.05) is 0 Å². The normalized spacial score (nSPS) is 12.1. The molecule has 0 aliphatic heterocycles. The van der Waals surface area contributed by atoms with Gasteiger partial charge in [-0.25, -0.2) is 0 Å². The highest BCUT2D eigenvalue weighted by Crippen LogP contribution is 2.07. The van der Waals surface area contributed by atoms with Gasteiger partial charge in [-0.05, 0) is 25.3 Å². The average Bonchev–Trinajstić information content (AvgIpc) is 2.51. The van der Waals surface area contributed by atoms with Crippen molar-refractivity contribution in [2.45, 2.75) is 65.0 Å². The van der Waals surface area contributed by atoms with Gasteiger partial charge in [0.05, 0.1) is 0 Å². The summed E-state index contributed by atoms with van der Waals surface area (Å²) in [5.41, 5.74) is 7.34. The van der Waals surface area contributed by atoms with E-state index in [0.717, 1.165) is 49.8 Å². The minimum Gasteiger partial charge on any atom is -0.384 e. The molecule has 122 valence electrons. The number of unbranched alkanes of at least 4 members (excludes halogenated alkanes) is 2. The zero-order valence-corrected chi connectivity index (χ0v) is 13.8. The third-order valence-corrected chi connectivity index (χ3v) is 3.83. The van der Waals surface area contributed by atoms with Gasteiger partial charge in [-0.1, -0.05) is 44.0 Å². The molecule has 0 aliphatic carbocycles. The van der Waals surface area contributed by atoms with Crippen LogP contribution in [0, 0.1) is 5.41 Å². The molecule has 0 amide bonds. The zero-order valence-electron chi connectivity index (χ0n) is 13.8. The van der Waals surface area contributed by atoms with Crippen molar-refractivity contribution >= 4 is 11.6 Å². The average molecular weight is 303 g/mol. The lowest BCUT2D eigenvalue weighted by molar-refractivity contribution is -0.119. The smallest absolute Gasteiger partial charge is 0.132 e. The lowest BCUT2D eigenvalue weighted by Gasteiger charge is -2.13. The highest BCUT2D eigenvalue weighted by atomic mass is 16.1. The molecular formula is C18H29N3O. The largest absolute Gasteiger partial charge is 0.384 e. The molecule has 1 aromatic carbocycles. The Kier molecular flexibility index (Phi) is 8.44. The number of Topliss-reactive ketones (excluding diaryl/α,β-unsaturated/α-hetero) is 1. The highest BCUT2D eigenvalue weighted by Gasteiger charge is 2.07. The van der Waals surface area contributed by atoms with Crippen LogP contribution in [-0.2, 0) is 11.3 Å². The van der Waals surface area contributed by atoms with Crippen LogP contribution in [0.15, 0.2) is 24.3 Å². The molecule has 1 unspecified atom stereocenters. The second kappa shape index (κ2) is 10.1. The Bertz CT molecular complexity index is 468. The standard InChI is InChI=1S/C18H29N3O/c1-3-4-5-6-17(22)12-7-14(2)21-13-15-8-10-16(11-9-15)18(19)20/h8-11,14,21H,3-7,12-13H2,1-2H3,(H3,19,20). The van der Waals surface area contributed by atoms with E-state index in [9.17, 15) is 4.79 Å². The Labute approximate surface area is 134 Å². The molecule has 0 heterocycles. The van der Waals surface area contributed by atoms with Gasteiger partial charge in [0.2, 0.25) is 0 Å². The first kappa shape index (κ1) is 18.4. The van der Waals surface area contributed by atoms with Crippen LogP contribution >= 0.6 is 0 Å². The van der Waals surface area contributed by atoms with E-state index in [2.05, 4.69) is 19.2 Å². The third kappa shape index (κ3) is 7.36. The van der Waals surface area contributed by atoms with Gasteiger partial charge in [0.25, 0.3) is 0 Å². The second-order valence-corrected chi connectivity index (χ2v) is 5.93. The first-order valence-corrected chi connectivity index (χ1v) is 8.21. The zero-order chi connectivity index (χ0) is 16.4. The SMILES string of the molecule is CCCCCC(=O)CCC(C)NCc1ccc(C(=N)N)cc1. The Morgan fingerprint density at radius 3 is 2.50 bits per heavy atom. The number of carbonyl (C=O) groups is 1. The van der Waals surface area contributed by atoms with Crippen molar-refractivity contribution in [2.24, 2.45) is 5.73 Å². The maximum Gasteiger partial charge on any atom is 0.132 e. The molecule has 4 heteroatoms. The lowest BCUT2D eigenvalue weighted by Crippen LogP contribution is -2.26. The van der Waals surface area contributed by atoms with Crippen molar-refractivity contribution in [3.05, 3.63) is 35.4 Å². The van der Waals surface area contributed by atoms with Crippen molar-refractivity contribution in [1.82, 2.24) is 5.32 Å². The number of hydrogen-bond donors (Lipinski definition) is 3. The molecule has 0 spiro atoms. The molecule has 0 aliphatic rings. The van der Waals surface area contributed by atoms with E-state index in [-0.39, 0.29) is 5.84 Å². The number of nitrogens with one attached hydrogen (secondary N) is 2. The lowest BCUT2D eigenvalue weighted by atomic mass is 10.0. The summed E-state index contributed by atoms with van der Waals surface area (Å²) in [6.45, 7) is 5.03. The van der Waals surface area contributed by atoms with E-state index in [1.54, 1.807) is 0 Å². The molecule has 1 rings (SSSR count). The van der Waals surface area contributed by atoms with Crippen molar-refractivity contribution in [3.8, 4) is 0 Å². The molecule has 1 atom stereocenters. The molecule has 0 fully saturated rings. The highest BCUT2D eigenvalue weighted by molar-refractivity contribution is 5.94.